The summed E-state index contributed by atoms with van der Waals surface area (Å²) in [5.41, 5.74) is 1.06. The van der Waals surface area contributed by atoms with E-state index in [4.69, 9.17) is 14.7 Å². The molecule has 1 aromatic rings. The number of methoxy groups -OCH3 is 1. The van der Waals surface area contributed by atoms with Crippen LogP contribution in [0.2, 0.25) is 0 Å². The van der Waals surface area contributed by atoms with Crippen LogP contribution < -0.4 is 10.8 Å². The minimum atomic E-state index is -0.770. The Morgan fingerprint density at radius 3 is 2.46 bits per heavy atom. The van der Waals surface area contributed by atoms with Gasteiger partial charge in [0.15, 0.2) is 0 Å². The molecule has 1 heterocycles. The molecule has 9 nitrogen and oxygen atoms in total. The van der Waals surface area contributed by atoms with Crippen LogP contribution in [0.5, 0.6) is 0 Å². The molecule has 0 bridgehead atoms. The third-order valence-corrected chi connectivity index (χ3v) is 7.28. The van der Waals surface area contributed by atoms with E-state index in [0.29, 0.717) is 32.8 Å². The molecule has 35 heavy (non-hydrogen) atoms. The minimum Gasteiger partial charge on any atom is -0.382 e. The van der Waals surface area contributed by atoms with Gasteiger partial charge in [0.05, 0.1) is 29.9 Å². The molecule has 1 rings (SSSR count). The van der Waals surface area contributed by atoms with Gasteiger partial charge in [-0.3, -0.25) is 19.6 Å². The first-order valence-electron chi connectivity index (χ1n) is 11.7. The van der Waals surface area contributed by atoms with Crippen molar-refractivity contribution in [3.8, 4) is 0 Å². The summed E-state index contributed by atoms with van der Waals surface area (Å²) < 4.78 is 11.4. The maximum atomic E-state index is 13.9. The van der Waals surface area contributed by atoms with Gasteiger partial charge in [0.2, 0.25) is 17.7 Å². The van der Waals surface area contributed by atoms with E-state index < -0.39 is 23.3 Å². The van der Waals surface area contributed by atoms with E-state index in [9.17, 15) is 14.4 Å². The van der Waals surface area contributed by atoms with Crippen molar-refractivity contribution in [1.29, 1.82) is 0 Å². The van der Waals surface area contributed by atoms with Crippen LogP contribution >= 0.6 is 23.1 Å². The molecule has 0 fully saturated rings. The smallest absolute Gasteiger partial charge is 0.244 e. The lowest BCUT2D eigenvalue weighted by molar-refractivity contribution is -0.148. The average molecular weight is 532 g/mol. The predicted octanol–water partition coefficient (Wildman–Crippen LogP) is 3.38. The van der Waals surface area contributed by atoms with Crippen molar-refractivity contribution in [2.24, 2.45) is 17.3 Å². The highest BCUT2D eigenvalue weighted by Crippen LogP contribution is 2.32. The Hall–Kier alpha value is -1.66. The van der Waals surface area contributed by atoms with E-state index in [1.807, 2.05) is 52.1 Å². The first-order valence-corrected chi connectivity index (χ1v) is 13.6. The van der Waals surface area contributed by atoms with Gasteiger partial charge in [-0.2, -0.15) is 0 Å². The average Bonchev–Trinajstić information content (AvgIpc) is 3.30. The molecule has 0 unspecified atom stereocenters. The van der Waals surface area contributed by atoms with Crippen LogP contribution in [0.1, 0.15) is 47.5 Å². The van der Waals surface area contributed by atoms with Crippen LogP contribution in [0, 0.1) is 17.3 Å². The molecule has 0 spiro atoms. The van der Waals surface area contributed by atoms with Crippen LogP contribution in [0.4, 0.5) is 0 Å². The van der Waals surface area contributed by atoms with Crippen LogP contribution in [-0.4, -0.2) is 73.2 Å². The summed E-state index contributed by atoms with van der Waals surface area (Å²) >= 11 is 3.04. The van der Waals surface area contributed by atoms with Gasteiger partial charge in [-0.25, -0.2) is 5.48 Å². The number of hydrogen-bond donors (Lipinski definition) is 3. The third-order valence-electron chi connectivity index (χ3n) is 5.14. The lowest BCUT2D eigenvalue weighted by atomic mass is 9.83. The fourth-order valence-electron chi connectivity index (χ4n) is 3.68. The van der Waals surface area contributed by atoms with Crippen LogP contribution in [0.25, 0.3) is 0 Å². The monoisotopic (exact) mass is 531 g/mol. The normalized spacial score (nSPS) is 13.4. The molecule has 11 heteroatoms. The molecule has 200 valence electrons. The predicted molar refractivity (Wildman–Crippen MR) is 138 cm³/mol. The molecule has 0 radical (unpaired) electrons. The summed E-state index contributed by atoms with van der Waals surface area (Å²) in [4.78, 5) is 40.8. The van der Waals surface area contributed by atoms with Crippen LogP contribution in [0.15, 0.2) is 21.7 Å². The van der Waals surface area contributed by atoms with E-state index in [2.05, 4.69) is 5.32 Å². The molecule has 3 amide bonds. The summed E-state index contributed by atoms with van der Waals surface area (Å²) in [7, 11) is 1.59. The maximum Gasteiger partial charge on any atom is 0.244 e. The SMILES string of the molecule is COCCOCCNC(=O)[C@@H](N(CSc1cccs1)C(=O)[C@@H](CC(=O)NO)CC(C)C)C(C)(C)C. The Balaban J connectivity index is 3.17. The standard InChI is InChI=1S/C24H41N3O6S2/c1-17(2)14-18(15-19(28)26-31)23(30)27(16-35-20-8-7-13-34-20)21(24(3,4)5)22(29)25-9-10-33-12-11-32-6/h7-8,13,17-18,21,31H,9-12,14-16H2,1-6H3,(H,25,29)(H,26,28)/t18-,21-/m1/s1. The second-order valence-electron chi connectivity index (χ2n) is 9.74. The molecular weight excluding hydrogens is 490 g/mol. The number of nitrogens with one attached hydrogen (secondary N) is 2. The second kappa shape index (κ2) is 16.2. The Bertz CT molecular complexity index is 768. The van der Waals surface area contributed by atoms with Crippen molar-refractivity contribution < 1.29 is 29.1 Å². The minimum absolute atomic E-state index is 0.147. The summed E-state index contributed by atoms with van der Waals surface area (Å²) in [6.07, 6.45) is 0.303. The number of thioether (sulfide) groups is 1. The number of nitrogens with zero attached hydrogens (tertiary/aromatic N) is 1. The van der Waals surface area contributed by atoms with Crippen LogP contribution in [0.3, 0.4) is 0 Å². The summed E-state index contributed by atoms with van der Waals surface area (Å²) in [5, 5.41) is 13.9. The van der Waals surface area contributed by atoms with Crippen molar-refractivity contribution >= 4 is 40.8 Å². The highest BCUT2D eigenvalue weighted by atomic mass is 32.2. The second-order valence-corrected chi connectivity index (χ2v) is 11.9. The first-order chi connectivity index (χ1) is 16.5. The Morgan fingerprint density at radius 1 is 1.20 bits per heavy atom. The Labute approximate surface area is 217 Å². The zero-order valence-electron chi connectivity index (χ0n) is 21.7. The van der Waals surface area contributed by atoms with Crippen molar-refractivity contribution in [1.82, 2.24) is 15.7 Å². The molecule has 0 aliphatic rings. The number of ether oxygens (including phenoxy) is 2. The number of hydrogen-bond acceptors (Lipinski definition) is 8. The van der Waals surface area contributed by atoms with Gasteiger partial charge in [-0.1, -0.05) is 52.4 Å². The van der Waals surface area contributed by atoms with Gasteiger partial charge < -0.3 is 19.7 Å². The largest absolute Gasteiger partial charge is 0.382 e. The Morgan fingerprint density at radius 2 is 1.91 bits per heavy atom. The zero-order chi connectivity index (χ0) is 26.4. The van der Waals surface area contributed by atoms with Gasteiger partial charge in [-0.15, -0.1) is 11.3 Å². The molecule has 0 aliphatic carbocycles. The summed E-state index contributed by atoms with van der Waals surface area (Å²) in [6.45, 7) is 11.2. The number of amides is 3. The molecule has 2 atom stereocenters. The van der Waals surface area contributed by atoms with Gasteiger partial charge >= 0.3 is 0 Å². The van der Waals surface area contributed by atoms with E-state index in [1.165, 1.54) is 11.8 Å². The topological polar surface area (TPSA) is 117 Å². The lowest BCUT2D eigenvalue weighted by Gasteiger charge is -2.40. The van der Waals surface area contributed by atoms with Gasteiger partial charge in [0.25, 0.3) is 0 Å². The van der Waals surface area contributed by atoms with E-state index >= 15 is 0 Å². The van der Waals surface area contributed by atoms with Crippen LogP contribution in [-0.2, 0) is 23.9 Å². The molecule has 0 aromatic carbocycles. The fourth-order valence-corrected chi connectivity index (χ4v) is 5.44. The molecule has 0 aliphatic heterocycles. The van der Waals surface area contributed by atoms with Crippen molar-refractivity contribution in [2.75, 3.05) is 39.4 Å². The number of rotatable bonds is 16. The maximum absolute atomic E-state index is 13.9. The first kappa shape index (κ1) is 31.4. The lowest BCUT2D eigenvalue weighted by Crippen LogP contribution is -2.57. The quantitative estimate of drug-likeness (QED) is 0.0984. The van der Waals surface area contributed by atoms with Gasteiger partial charge in [0.1, 0.15) is 6.04 Å². The highest BCUT2D eigenvalue weighted by Gasteiger charge is 2.41. The number of hydroxylamine groups is 1. The number of thiophene rings is 1. The van der Waals surface area contributed by atoms with Crippen molar-refractivity contribution in [3.63, 3.8) is 0 Å². The van der Waals surface area contributed by atoms with E-state index in [-0.39, 0.29) is 30.0 Å². The van der Waals surface area contributed by atoms with Crippen molar-refractivity contribution in [3.05, 3.63) is 17.5 Å². The third kappa shape index (κ3) is 11.7. The van der Waals surface area contributed by atoms with Gasteiger partial charge in [-0.05, 0) is 29.2 Å². The molecule has 0 saturated carbocycles. The number of carbonyl (C=O) groups is 3. The molecule has 1 aromatic heterocycles. The Kier molecular flexibility index (Phi) is 14.5. The highest BCUT2D eigenvalue weighted by molar-refractivity contribution is 8.01. The summed E-state index contributed by atoms with van der Waals surface area (Å²) in [5.74, 6) is -1.44. The molecular formula is C24H41N3O6S2. The zero-order valence-corrected chi connectivity index (χ0v) is 23.3. The van der Waals surface area contributed by atoms with E-state index in [1.54, 1.807) is 28.8 Å². The van der Waals surface area contributed by atoms with Crippen molar-refractivity contribution in [2.45, 2.75) is 57.7 Å². The van der Waals surface area contributed by atoms with E-state index in [0.717, 1.165) is 4.21 Å². The molecule has 3 N–H and O–H groups in total. The number of carbonyl (C=O) groups excluding carboxylic acids is 3. The molecule has 0 saturated heterocycles. The summed E-state index contributed by atoms with van der Waals surface area (Å²) in [6, 6.07) is 3.13. The van der Waals surface area contributed by atoms with Gasteiger partial charge in [0, 0.05) is 26.0 Å². The fraction of sp³-hybridized carbons (Fsp3) is 0.708.